The summed E-state index contributed by atoms with van der Waals surface area (Å²) in [6.07, 6.45) is 0. The first-order valence-corrected chi connectivity index (χ1v) is 10.7. The first kappa shape index (κ1) is 21.1. The number of carbonyl (C=O) groups excluding carboxylic acids is 1. The lowest BCUT2D eigenvalue weighted by atomic mass is 9.85. The number of benzene rings is 3. The number of hydrogen-bond donors (Lipinski definition) is 1. The van der Waals surface area contributed by atoms with Crippen LogP contribution >= 0.6 is 0 Å². The van der Waals surface area contributed by atoms with Gasteiger partial charge in [-0.05, 0) is 78.8 Å². The van der Waals surface area contributed by atoms with Crippen molar-refractivity contribution in [2.24, 2.45) is 0 Å². The number of ether oxygens (including phenoxy) is 1. The fourth-order valence-electron chi connectivity index (χ4n) is 4.35. The van der Waals surface area contributed by atoms with Crippen molar-refractivity contribution in [3.63, 3.8) is 0 Å². The van der Waals surface area contributed by atoms with E-state index in [0.717, 1.165) is 33.7 Å². The predicted octanol–water partition coefficient (Wildman–Crippen LogP) is 6.65. The molecule has 0 fully saturated rings. The van der Waals surface area contributed by atoms with Gasteiger partial charge < -0.3 is 10.1 Å². The summed E-state index contributed by atoms with van der Waals surface area (Å²) in [5.41, 5.74) is 7.94. The van der Waals surface area contributed by atoms with Gasteiger partial charge in [-0.25, -0.2) is 4.39 Å². The van der Waals surface area contributed by atoms with Gasteiger partial charge in [0.1, 0.15) is 11.6 Å². The number of halogens is 1. The Morgan fingerprint density at radius 2 is 1.61 bits per heavy atom. The third kappa shape index (κ3) is 3.83. The molecule has 0 saturated heterocycles. The van der Waals surface area contributed by atoms with Crippen LogP contribution in [0.3, 0.4) is 0 Å². The van der Waals surface area contributed by atoms with Gasteiger partial charge in [-0.1, -0.05) is 38.1 Å². The van der Waals surface area contributed by atoms with E-state index >= 15 is 0 Å². The zero-order chi connectivity index (χ0) is 22.3. The number of anilines is 1. The molecule has 1 aliphatic heterocycles. The van der Waals surface area contributed by atoms with Crippen LogP contribution in [0.1, 0.15) is 69.4 Å². The molecular formula is C27H28FNO2. The molecule has 1 amide bonds. The van der Waals surface area contributed by atoms with Crippen molar-refractivity contribution in [2.75, 3.05) is 11.9 Å². The second-order valence-corrected chi connectivity index (χ2v) is 8.64. The largest absolute Gasteiger partial charge is 0.492 e. The molecule has 160 valence electrons. The number of fused-ring (bicyclic) bond motifs is 1. The topological polar surface area (TPSA) is 38.3 Å². The SMILES string of the molecule is Cc1c(C)c2c(c(C)c1NC(=O)c1ccc(F)cc1)C(c1ccc(C(C)C)cc1)CO2. The average molecular weight is 418 g/mol. The zero-order valence-corrected chi connectivity index (χ0v) is 18.7. The molecule has 1 aliphatic rings. The number of hydrogen-bond acceptors (Lipinski definition) is 2. The van der Waals surface area contributed by atoms with E-state index in [1.165, 1.54) is 35.4 Å². The van der Waals surface area contributed by atoms with Crippen LogP contribution in [0.5, 0.6) is 5.75 Å². The zero-order valence-electron chi connectivity index (χ0n) is 18.7. The van der Waals surface area contributed by atoms with E-state index in [0.29, 0.717) is 18.1 Å². The lowest BCUT2D eigenvalue weighted by Crippen LogP contribution is -2.15. The third-order valence-corrected chi connectivity index (χ3v) is 6.39. The van der Waals surface area contributed by atoms with Gasteiger partial charge in [0.2, 0.25) is 0 Å². The van der Waals surface area contributed by atoms with Crippen molar-refractivity contribution in [3.8, 4) is 5.75 Å². The Bertz CT molecular complexity index is 1130. The number of carbonyl (C=O) groups is 1. The van der Waals surface area contributed by atoms with Crippen molar-refractivity contribution < 1.29 is 13.9 Å². The minimum atomic E-state index is -0.360. The summed E-state index contributed by atoms with van der Waals surface area (Å²) in [6, 6.07) is 14.3. The highest BCUT2D eigenvalue weighted by atomic mass is 19.1. The van der Waals surface area contributed by atoms with Crippen molar-refractivity contribution in [2.45, 2.75) is 46.5 Å². The standard InChI is InChI=1S/C27H28FNO2/c1-15(2)19-6-8-20(9-7-19)23-14-31-26-17(4)16(3)25(18(5)24(23)26)29-27(30)21-10-12-22(28)13-11-21/h6-13,15,23H,14H2,1-5H3,(H,29,30). The highest BCUT2D eigenvalue weighted by Crippen LogP contribution is 2.47. The molecule has 1 unspecified atom stereocenters. The van der Waals surface area contributed by atoms with Crippen molar-refractivity contribution in [1.82, 2.24) is 0 Å². The van der Waals surface area contributed by atoms with Gasteiger partial charge in [0.05, 0.1) is 6.61 Å². The molecule has 0 aliphatic carbocycles. The summed E-state index contributed by atoms with van der Waals surface area (Å²) in [6.45, 7) is 11.0. The van der Waals surface area contributed by atoms with Gasteiger partial charge >= 0.3 is 0 Å². The molecule has 3 aromatic rings. The van der Waals surface area contributed by atoms with E-state index in [2.05, 4.69) is 43.4 Å². The molecule has 1 atom stereocenters. The smallest absolute Gasteiger partial charge is 0.255 e. The van der Waals surface area contributed by atoms with Crippen LogP contribution in [0.2, 0.25) is 0 Å². The molecule has 4 rings (SSSR count). The predicted molar refractivity (Wildman–Crippen MR) is 123 cm³/mol. The average Bonchev–Trinajstić information content (AvgIpc) is 3.21. The molecule has 31 heavy (non-hydrogen) atoms. The van der Waals surface area contributed by atoms with Gasteiger partial charge in [0.15, 0.2) is 0 Å². The maximum Gasteiger partial charge on any atom is 0.255 e. The lowest BCUT2D eigenvalue weighted by Gasteiger charge is -2.20. The minimum Gasteiger partial charge on any atom is -0.492 e. The van der Waals surface area contributed by atoms with E-state index in [1.54, 1.807) is 0 Å². The highest BCUT2D eigenvalue weighted by molar-refractivity contribution is 6.05. The minimum absolute atomic E-state index is 0.122. The molecule has 1 N–H and O–H groups in total. The van der Waals surface area contributed by atoms with E-state index < -0.39 is 0 Å². The van der Waals surface area contributed by atoms with Gasteiger partial charge in [-0.15, -0.1) is 0 Å². The van der Waals surface area contributed by atoms with Crippen LogP contribution < -0.4 is 10.1 Å². The van der Waals surface area contributed by atoms with Crippen LogP contribution in [-0.4, -0.2) is 12.5 Å². The van der Waals surface area contributed by atoms with Crippen LogP contribution in [-0.2, 0) is 0 Å². The summed E-state index contributed by atoms with van der Waals surface area (Å²) in [5, 5.41) is 3.06. The van der Waals surface area contributed by atoms with Crippen LogP contribution in [0.25, 0.3) is 0 Å². The number of amides is 1. The van der Waals surface area contributed by atoms with E-state index in [1.807, 2.05) is 20.8 Å². The van der Waals surface area contributed by atoms with Crippen LogP contribution in [0.4, 0.5) is 10.1 Å². The van der Waals surface area contributed by atoms with Crippen LogP contribution in [0, 0.1) is 26.6 Å². The molecule has 0 bridgehead atoms. The Labute approximate surface area is 183 Å². The first-order chi connectivity index (χ1) is 14.8. The normalized spacial score (nSPS) is 15.0. The molecule has 0 saturated carbocycles. The molecule has 0 spiro atoms. The molecule has 3 nitrogen and oxygen atoms in total. The Morgan fingerprint density at radius 1 is 0.968 bits per heavy atom. The van der Waals surface area contributed by atoms with Crippen LogP contribution in [0.15, 0.2) is 48.5 Å². The Balaban J connectivity index is 1.73. The molecule has 4 heteroatoms. The summed E-state index contributed by atoms with van der Waals surface area (Å²) < 4.78 is 19.4. The second-order valence-electron chi connectivity index (χ2n) is 8.64. The van der Waals surface area contributed by atoms with Crippen molar-refractivity contribution in [1.29, 1.82) is 0 Å². The monoisotopic (exact) mass is 417 g/mol. The lowest BCUT2D eigenvalue weighted by molar-refractivity contribution is 0.102. The van der Waals surface area contributed by atoms with Gasteiger partial charge in [-0.2, -0.15) is 0 Å². The van der Waals surface area contributed by atoms with Gasteiger partial charge in [0.25, 0.3) is 5.91 Å². The maximum atomic E-state index is 13.2. The number of rotatable bonds is 4. The fourth-order valence-corrected chi connectivity index (χ4v) is 4.35. The molecular weight excluding hydrogens is 389 g/mol. The second kappa shape index (κ2) is 8.18. The van der Waals surface area contributed by atoms with Crippen molar-refractivity contribution >= 4 is 11.6 Å². The van der Waals surface area contributed by atoms with Gasteiger partial charge in [-0.3, -0.25) is 4.79 Å². The third-order valence-electron chi connectivity index (χ3n) is 6.39. The summed E-state index contributed by atoms with van der Waals surface area (Å²) >= 11 is 0. The van der Waals surface area contributed by atoms with E-state index in [-0.39, 0.29) is 17.6 Å². The Kier molecular flexibility index (Phi) is 5.57. The van der Waals surface area contributed by atoms with E-state index in [9.17, 15) is 9.18 Å². The van der Waals surface area contributed by atoms with Gasteiger partial charge in [0, 0.05) is 22.7 Å². The molecule has 0 radical (unpaired) electrons. The number of nitrogens with one attached hydrogen (secondary N) is 1. The quantitative estimate of drug-likeness (QED) is 0.516. The first-order valence-electron chi connectivity index (χ1n) is 10.7. The van der Waals surface area contributed by atoms with Crippen molar-refractivity contribution in [3.05, 3.63) is 93.3 Å². The Morgan fingerprint density at radius 3 is 2.23 bits per heavy atom. The summed E-state index contributed by atoms with van der Waals surface area (Å²) in [7, 11) is 0. The Hall–Kier alpha value is -3.14. The molecule has 1 heterocycles. The summed E-state index contributed by atoms with van der Waals surface area (Å²) in [5.74, 6) is 0.925. The van der Waals surface area contributed by atoms with E-state index in [4.69, 9.17) is 4.74 Å². The summed E-state index contributed by atoms with van der Waals surface area (Å²) in [4.78, 5) is 12.8. The fraction of sp³-hybridized carbons (Fsp3) is 0.296. The molecule has 0 aromatic heterocycles. The maximum absolute atomic E-state index is 13.2. The molecule has 3 aromatic carbocycles. The highest BCUT2D eigenvalue weighted by Gasteiger charge is 2.32.